The van der Waals surface area contributed by atoms with E-state index in [1.54, 1.807) is 0 Å². The van der Waals surface area contributed by atoms with Crippen molar-refractivity contribution in [2.75, 3.05) is 26.2 Å². The van der Waals surface area contributed by atoms with Gasteiger partial charge in [0.05, 0.1) is 11.6 Å². The lowest BCUT2D eigenvalue weighted by Gasteiger charge is -2.41. The van der Waals surface area contributed by atoms with Crippen molar-refractivity contribution >= 4 is 24.8 Å². The molecule has 25 heavy (non-hydrogen) atoms. The molecule has 2 N–H and O–H groups in total. The molecule has 0 unspecified atom stereocenters. The Hall–Kier alpha value is -1.06. The number of aromatic hydroxyl groups is 1. The van der Waals surface area contributed by atoms with Crippen LogP contribution in [0.25, 0.3) is 0 Å². The molecule has 0 amide bonds. The van der Waals surface area contributed by atoms with Gasteiger partial charge in [-0.05, 0) is 30.9 Å². The summed E-state index contributed by atoms with van der Waals surface area (Å²) in [5.74, 6) is -0.588. The third-order valence-corrected chi connectivity index (χ3v) is 5.23. The Labute approximate surface area is 161 Å². The van der Waals surface area contributed by atoms with Crippen molar-refractivity contribution in [1.82, 2.24) is 10.2 Å². The zero-order chi connectivity index (χ0) is 16.2. The molecule has 2 aliphatic rings. The number of hydrogen-bond acceptors (Lipinski definition) is 4. The highest BCUT2D eigenvalue weighted by Gasteiger charge is 2.35. The fourth-order valence-corrected chi connectivity index (χ4v) is 4.10. The molecule has 2 fully saturated rings. The van der Waals surface area contributed by atoms with Crippen LogP contribution in [0.5, 0.6) is 5.75 Å². The maximum Gasteiger partial charge on any atom is 0.165 e. The molecule has 0 spiro atoms. The number of nitriles is 1. The molecule has 140 valence electrons. The van der Waals surface area contributed by atoms with Crippen LogP contribution in [-0.2, 0) is 0 Å². The minimum Gasteiger partial charge on any atom is -0.505 e. The summed E-state index contributed by atoms with van der Waals surface area (Å²) < 4.78 is 14.0. The number of rotatable bonds is 3. The lowest BCUT2D eigenvalue weighted by molar-refractivity contribution is 0.101. The van der Waals surface area contributed by atoms with E-state index < -0.39 is 5.82 Å². The normalized spacial score (nSPS) is 20.0. The first-order chi connectivity index (χ1) is 11.2. The summed E-state index contributed by atoms with van der Waals surface area (Å²) in [7, 11) is 0. The van der Waals surface area contributed by atoms with E-state index in [0.29, 0.717) is 17.0 Å². The van der Waals surface area contributed by atoms with Crippen LogP contribution in [0.4, 0.5) is 4.39 Å². The molecule has 0 bridgehead atoms. The average molecular weight is 390 g/mol. The molecule has 0 aromatic heterocycles. The maximum atomic E-state index is 14.0. The van der Waals surface area contributed by atoms with Crippen LogP contribution in [0.1, 0.15) is 49.3 Å². The molecule has 1 saturated carbocycles. The molecular weight excluding hydrogens is 364 g/mol. The molecule has 1 saturated heterocycles. The van der Waals surface area contributed by atoms with Crippen LogP contribution < -0.4 is 5.32 Å². The van der Waals surface area contributed by atoms with E-state index in [0.717, 1.165) is 39.0 Å². The van der Waals surface area contributed by atoms with E-state index >= 15 is 0 Å². The number of halogens is 3. The van der Waals surface area contributed by atoms with Crippen LogP contribution in [0.3, 0.4) is 0 Å². The zero-order valence-electron chi connectivity index (χ0n) is 14.2. The highest BCUT2D eigenvalue weighted by Crippen LogP contribution is 2.43. The van der Waals surface area contributed by atoms with Gasteiger partial charge in [-0.15, -0.1) is 24.8 Å². The van der Waals surface area contributed by atoms with Crippen molar-refractivity contribution < 1.29 is 9.50 Å². The lowest BCUT2D eigenvalue weighted by Crippen LogP contribution is -2.47. The molecule has 1 aliphatic heterocycles. The van der Waals surface area contributed by atoms with Gasteiger partial charge in [0, 0.05) is 37.8 Å². The predicted molar refractivity (Wildman–Crippen MR) is 101 cm³/mol. The summed E-state index contributed by atoms with van der Waals surface area (Å²) >= 11 is 0. The number of nitrogens with one attached hydrogen (secondary N) is 1. The quantitative estimate of drug-likeness (QED) is 0.825. The summed E-state index contributed by atoms with van der Waals surface area (Å²) in [5.41, 5.74) is 0.902. The van der Waals surface area contributed by atoms with Crippen LogP contribution in [0, 0.1) is 23.1 Å². The van der Waals surface area contributed by atoms with Gasteiger partial charge in [-0.3, -0.25) is 4.90 Å². The second-order valence-corrected chi connectivity index (χ2v) is 6.60. The second kappa shape index (κ2) is 10.2. The highest BCUT2D eigenvalue weighted by atomic mass is 35.5. The van der Waals surface area contributed by atoms with E-state index in [-0.39, 0.29) is 36.6 Å². The number of hydrogen-bond donors (Lipinski definition) is 2. The Morgan fingerprint density at radius 2 is 1.80 bits per heavy atom. The molecular formula is C18H26Cl2FN3O. The Balaban J connectivity index is 0.00000156. The average Bonchev–Trinajstić information content (AvgIpc) is 2.61. The van der Waals surface area contributed by atoms with Gasteiger partial charge in [-0.2, -0.15) is 5.26 Å². The summed E-state index contributed by atoms with van der Waals surface area (Å²) in [6.07, 6.45) is 5.74. The standard InChI is InChI=1S/C18H24FN3O.2ClH/c19-15-7-6-14(12-20)16(18(15)23)17(13-4-2-1-3-5-13)22-10-8-21-9-11-22;;/h6-7,13,17,21,23H,1-5,8-11H2;2*1H/t17-;;/m0../s1. The van der Waals surface area contributed by atoms with Gasteiger partial charge in [-0.25, -0.2) is 4.39 Å². The topological polar surface area (TPSA) is 59.3 Å². The number of phenolic OH excluding ortho intramolecular Hbond substituents is 1. The zero-order valence-corrected chi connectivity index (χ0v) is 15.8. The van der Waals surface area contributed by atoms with Gasteiger partial charge in [0.15, 0.2) is 11.6 Å². The van der Waals surface area contributed by atoms with Gasteiger partial charge in [0.2, 0.25) is 0 Å². The van der Waals surface area contributed by atoms with Crippen molar-refractivity contribution in [2.45, 2.75) is 38.1 Å². The van der Waals surface area contributed by atoms with E-state index in [4.69, 9.17) is 0 Å². The Morgan fingerprint density at radius 3 is 2.40 bits per heavy atom. The number of phenols is 1. The van der Waals surface area contributed by atoms with Crippen LogP contribution in [0.2, 0.25) is 0 Å². The smallest absolute Gasteiger partial charge is 0.165 e. The first-order valence-electron chi connectivity index (χ1n) is 8.58. The third-order valence-electron chi connectivity index (χ3n) is 5.23. The molecule has 7 heteroatoms. The van der Waals surface area contributed by atoms with Gasteiger partial charge in [0.1, 0.15) is 0 Å². The molecule has 1 aliphatic carbocycles. The van der Waals surface area contributed by atoms with Crippen molar-refractivity contribution in [2.24, 2.45) is 5.92 Å². The SMILES string of the molecule is Cl.Cl.N#Cc1ccc(F)c(O)c1[C@H](C1CCCCC1)N1CCNCC1. The van der Waals surface area contributed by atoms with Crippen molar-refractivity contribution in [3.63, 3.8) is 0 Å². The van der Waals surface area contributed by atoms with Gasteiger partial charge < -0.3 is 10.4 Å². The van der Waals surface area contributed by atoms with E-state index in [9.17, 15) is 14.8 Å². The molecule has 0 radical (unpaired) electrons. The summed E-state index contributed by atoms with van der Waals surface area (Å²) in [6, 6.07) is 4.78. The summed E-state index contributed by atoms with van der Waals surface area (Å²) in [6.45, 7) is 3.51. The first kappa shape index (κ1) is 22.0. The number of nitrogens with zero attached hydrogens (tertiary/aromatic N) is 2. The van der Waals surface area contributed by atoms with Gasteiger partial charge >= 0.3 is 0 Å². The fourth-order valence-electron chi connectivity index (χ4n) is 4.10. The van der Waals surface area contributed by atoms with E-state index in [2.05, 4.69) is 16.3 Å². The molecule has 1 aromatic carbocycles. The maximum absolute atomic E-state index is 14.0. The van der Waals surface area contributed by atoms with Crippen molar-refractivity contribution in [1.29, 1.82) is 5.26 Å². The minimum absolute atomic E-state index is 0. The number of benzene rings is 1. The lowest BCUT2D eigenvalue weighted by atomic mass is 9.78. The molecule has 3 rings (SSSR count). The van der Waals surface area contributed by atoms with Gasteiger partial charge in [-0.1, -0.05) is 19.3 Å². The number of piperazine rings is 1. The predicted octanol–water partition coefficient (Wildman–Crippen LogP) is 3.77. The summed E-state index contributed by atoms with van der Waals surface area (Å²) in [4.78, 5) is 2.32. The van der Waals surface area contributed by atoms with E-state index in [1.807, 2.05) is 0 Å². The third kappa shape index (κ3) is 4.77. The largest absolute Gasteiger partial charge is 0.505 e. The van der Waals surface area contributed by atoms with Crippen LogP contribution in [-0.4, -0.2) is 36.2 Å². The van der Waals surface area contributed by atoms with Gasteiger partial charge in [0.25, 0.3) is 0 Å². The fraction of sp³-hybridized carbons (Fsp3) is 0.611. The second-order valence-electron chi connectivity index (χ2n) is 6.60. The Kier molecular flexibility index (Phi) is 8.95. The highest BCUT2D eigenvalue weighted by molar-refractivity contribution is 5.85. The molecule has 1 atom stereocenters. The van der Waals surface area contributed by atoms with Crippen LogP contribution in [0.15, 0.2) is 12.1 Å². The summed E-state index contributed by atoms with van der Waals surface area (Å²) in [5, 5.41) is 23.2. The van der Waals surface area contributed by atoms with E-state index in [1.165, 1.54) is 31.4 Å². The first-order valence-corrected chi connectivity index (χ1v) is 8.58. The van der Waals surface area contributed by atoms with Crippen LogP contribution >= 0.6 is 24.8 Å². The Bertz CT molecular complexity index is 579. The van der Waals surface area contributed by atoms with Crippen molar-refractivity contribution in [3.05, 3.63) is 29.1 Å². The minimum atomic E-state index is -0.630. The Morgan fingerprint density at radius 1 is 1.16 bits per heavy atom. The molecule has 4 nitrogen and oxygen atoms in total. The van der Waals surface area contributed by atoms with Crippen molar-refractivity contribution in [3.8, 4) is 11.8 Å². The monoisotopic (exact) mass is 389 g/mol. The molecule has 1 heterocycles. The molecule has 1 aromatic rings.